The fraction of sp³-hybridized carbons (Fsp3) is 1.00. The minimum absolute atomic E-state index is 0.266. The van der Waals surface area contributed by atoms with Crippen molar-refractivity contribution in [1.29, 1.82) is 0 Å². The Bertz CT molecular complexity index is 93.6. The van der Waals surface area contributed by atoms with Crippen LogP contribution in [0.25, 0.3) is 0 Å². The van der Waals surface area contributed by atoms with Crippen molar-refractivity contribution in [2.75, 3.05) is 13.2 Å². The van der Waals surface area contributed by atoms with Crippen molar-refractivity contribution in [2.45, 2.75) is 46.2 Å². The molecule has 2 nitrogen and oxygen atoms in total. The highest BCUT2D eigenvalue weighted by Crippen LogP contribution is 2.07. The van der Waals surface area contributed by atoms with E-state index in [0.717, 1.165) is 13.0 Å². The molecule has 0 amide bonds. The second kappa shape index (κ2) is 5.56. The molecule has 0 saturated carbocycles. The fourth-order valence-corrected chi connectivity index (χ4v) is 1.34. The number of hydrogen-bond acceptors (Lipinski definition) is 2. The van der Waals surface area contributed by atoms with Gasteiger partial charge in [-0.05, 0) is 27.2 Å². The summed E-state index contributed by atoms with van der Waals surface area (Å²) in [6.45, 7) is 9.78. The lowest BCUT2D eigenvalue weighted by Crippen LogP contribution is -2.40. The summed E-state index contributed by atoms with van der Waals surface area (Å²) >= 11 is 0. The van der Waals surface area contributed by atoms with Crippen LogP contribution >= 0.6 is 0 Å². The van der Waals surface area contributed by atoms with Crippen LogP contribution in [0, 0.1) is 0 Å². The Labute approximate surface area is 70.2 Å². The zero-order valence-electron chi connectivity index (χ0n) is 8.17. The molecule has 0 aliphatic carbocycles. The van der Waals surface area contributed by atoms with Crippen LogP contribution in [0.2, 0.25) is 0 Å². The second-order valence-electron chi connectivity index (χ2n) is 3.31. The van der Waals surface area contributed by atoms with Crippen LogP contribution in [0.5, 0.6) is 0 Å². The largest absolute Gasteiger partial charge is 0.395 e. The van der Waals surface area contributed by atoms with Gasteiger partial charge in [-0.25, -0.2) is 0 Å². The van der Waals surface area contributed by atoms with Crippen LogP contribution < -0.4 is 0 Å². The zero-order chi connectivity index (χ0) is 8.85. The molecule has 0 aliphatic heterocycles. The summed E-state index contributed by atoms with van der Waals surface area (Å²) in [6, 6.07) is 1.12. The van der Waals surface area contributed by atoms with Gasteiger partial charge in [0.1, 0.15) is 0 Å². The summed E-state index contributed by atoms with van der Waals surface area (Å²) in [5.74, 6) is 0. The Morgan fingerprint density at radius 3 is 2.09 bits per heavy atom. The molecular formula is C9H21NO. The molecule has 0 fully saturated rings. The Hall–Kier alpha value is -0.0800. The smallest absolute Gasteiger partial charge is 0.0558 e. The van der Waals surface area contributed by atoms with Crippen molar-refractivity contribution in [3.63, 3.8) is 0 Å². The summed E-state index contributed by atoms with van der Waals surface area (Å²) in [5, 5.41) is 8.79. The quantitative estimate of drug-likeness (QED) is 0.657. The minimum Gasteiger partial charge on any atom is -0.395 e. The van der Waals surface area contributed by atoms with Gasteiger partial charge >= 0.3 is 0 Å². The molecule has 1 atom stereocenters. The van der Waals surface area contributed by atoms with Crippen molar-refractivity contribution in [2.24, 2.45) is 0 Å². The average Bonchev–Trinajstić information content (AvgIpc) is 1.98. The minimum atomic E-state index is 0.266. The van der Waals surface area contributed by atoms with Gasteiger partial charge in [-0.1, -0.05) is 6.92 Å². The van der Waals surface area contributed by atoms with Crippen LogP contribution in [0.3, 0.4) is 0 Å². The van der Waals surface area contributed by atoms with Gasteiger partial charge in [0, 0.05) is 18.6 Å². The molecule has 0 rings (SSSR count). The lowest BCUT2D eigenvalue weighted by molar-refractivity contribution is 0.123. The van der Waals surface area contributed by atoms with E-state index in [0.29, 0.717) is 12.1 Å². The molecule has 68 valence electrons. The standard InChI is InChI=1S/C9H21NO/c1-5-9(4)10(6-7-11)8(2)3/h8-9,11H,5-7H2,1-4H3. The first-order valence-corrected chi connectivity index (χ1v) is 4.50. The lowest BCUT2D eigenvalue weighted by Gasteiger charge is -2.31. The molecule has 0 aliphatic rings. The molecule has 1 unspecified atom stereocenters. The third-order valence-corrected chi connectivity index (χ3v) is 2.18. The number of hydrogen-bond donors (Lipinski definition) is 1. The van der Waals surface area contributed by atoms with Gasteiger partial charge in [-0.2, -0.15) is 0 Å². The van der Waals surface area contributed by atoms with Crippen molar-refractivity contribution in [3.05, 3.63) is 0 Å². The molecule has 2 heteroatoms. The molecule has 0 spiro atoms. The Morgan fingerprint density at radius 2 is 1.82 bits per heavy atom. The molecule has 0 aromatic rings. The third-order valence-electron chi connectivity index (χ3n) is 2.18. The molecule has 0 aromatic heterocycles. The van der Waals surface area contributed by atoms with Gasteiger partial charge in [0.05, 0.1) is 6.61 Å². The summed E-state index contributed by atoms with van der Waals surface area (Å²) in [4.78, 5) is 2.32. The Morgan fingerprint density at radius 1 is 1.27 bits per heavy atom. The summed E-state index contributed by atoms with van der Waals surface area (Å²) < 4.78 is 0. The first kappa shape index (κ1) is 10.9. The molecular weight excluding hydrogens is 138 g/mol. The highest BCUT2D eigenvalue weighted by atomic mass is 16.3. The van der Waals surface area contributed by atoms with E-state index in [1.165, 1.54) is 0 Å². The van der Waals surface area contributed by atoms with E-state index >= 15 is 0 Å². The van der Waals surface area contributed by atoms with Crippen molar-refractivity contribution >= 4 is 0 Å². The van der Waals surface area contributed by atoms with Gasteiger partial charge in [-0.15, -0.1) is 0 Å². The number of aliphatic hydroxyl groups is 1. The van der Waals surface area contributed by atoms with Gasteiger partial charge in [-0.3, -0.25) is 4.90 Å². The molecule has 0 heterocycles. The topological polar surface area (TPSA) is 23.5 Å². The maximum atomic E-state index is 8.79. The molecule has 0 radical (unpaired) electrons. The third kappa shape index (κ3) is 3.73. The Balaban J connectivity index is 3.87. The maximum Gasteiger partial charge on any atom is 0.0558 e. The predicted octanol–water partition coefficient (Wildman–Crippen LogP) is 1.49. The van der Waals surface area contributed by atoms with Gasteiger partial charge in [0.25, 0.3) is 0 Å². The van der Waals surface area contributed by atoms with Gasteiger partial charge in [0.2, 0.25) is 0 Å². The van der Waals surface area contributed by atoms with Crippen LogP contribution in [0.15, 0.2) is 0 Å². The highest BCUT2D eigenvalue weighted by Gasteiger charge is 2.13. The summed E-state index contributed by atoms with van der Waals surface area (Å²) in [6.07, 6.45) is 1.15. The van der Waals surface area contributed by atoms with Crippen LogP contribution in [0.4, 0.5) is 0 Å². The second-order valence-corrected chi connectivity index (χ2v) is 3.31. The van der Waals surface area contributed by atoms with Crippen molar-refractivity contribution in [3.8, 4) is 0 Å². The predicted molar refractivity (Wildman–Crippen MR) is 48.7 cm³/mol. The van der Waals surface area contributed by atoms with E-state index in [9.17, 15) is 0 Å². The zero-order valence-corrected chi connectivity index (χ0v) is 8.17. The van der Waals surface area contributed by atoms with Gasteiger partial charge in [0.15, 0.2) is 0 Å². The van der Waals surface area contributed by atoms with Crippen molar-refractivity contribution < 1.29 is 5.11 Å². The first-order valence-electron chi connectivity index (χ1n) is 4.50. The number of rotatable bonds is 5. The fourth-order valence-electron chi connectivity index (χ4n) is 1.34. The van der Waals surface area contributed by atoms with E-state index in [1.54, 1.807) is 0 Å². The molecule has 0 aromatic carbocycles. The number of nitrogens with zero attached hydrogens (tertiary/aromatic N) is 1. The SMILES string of the molecule is CCC(C)N(CCO)C(C)C. The molecule has 0 bridgehead atoms. The van der Waals surface area contributed by atoms with Crippen LogP contribution in [0.1, 0.15) is 34.1 Å². The van der Waals surface area contributed by atoms with E-state index in [1.807, 2.05) is 0 Å². The van der Waals surface area contributed by atoms with E-state index in [4.69, 9.17) is 5.11 Å². The monoisotopic (exact) mass is 159 g/mol. The molecule has 0 saturated heterocycles. The molecule has 1 N–H and O–H groups in total. The molecule has 11 heavy (non-hydrogen) atoms. The van der Waals surface area contributed by atoms with E-state index in [2.05, 4.69) is 32.6 Å². The Kier molecular flexibility index (Phi) is 5.51. The number of aliphatic hydroxyl groups excluding tert-OH is 1. The highest BCUT2D eigenvalue weighted by molar-refractivity contribution is 4.68. The van der Waals surface area contributed by atoms with Crippen molar-refractivity contribution in [1.82, 2.24) is 4.90 Å². The summed E-state index contributed by atoms with van der Waals surface area (Å²) in [7, 11) is 0. The summed E-state index contributed by atoms with van der Waals surface area (Å²) in [5.41, 5.74) is 0. The normalized spacial score (nSPS) is 14.5. The first-order chi connectivity index (χ1) is 5.13. The maximum absolute atomic E-state index is 8.79. The van der Waals surface area contributed by atoms with Crippen LogP contribution in [-0.2, 0) is 0 Å². The van der Waals surface area contributed by atoms with Crippen LogP contribution in [-0.4, -0.2) is 35.2 Å². The van der Waals surface area contributed by atoms with Gasteiger partial charge < -0.3 is 5.11 Å². The average molecular weight is 159 g/mol. The van der Waals surface area contributed by atoms with E-state index < -0.39 is 0 Å². The lowest BCUT2D eigenvalue weighted by atomic mass is 10.2. The van der Waals surface area contributed by atoms with E-state index in [-0.39, 0.29) is 6.61 Å².